The fourth-order valence-corrected chi connectivity index (χ4v) is 3.30. The number of piperidine rings is 1. The van der Waals surface area contributed by atoms with Crippen LogP contribution in [0.2, 0.25) is 5.02 Å². The van der Waals surface area contributed by atoms with Gasteiger partial charge in [-0.25, -0.2) is 0 Å². The molecular formula is C17H25ClN2O2. The fourth-order valence-electron chi connectivity index (χ4n) is 3.11. The topological polar surface area (TPSA) is 55.6 Å². The van der Waals surface area contributed by atoms with Crippen LogP contribution in [0.15, 0.2) is 24.3 Å². The van der Waals surface area contributed by atoms with Crippen molar-refractivity contribution in [2.45, 2.75) is 38.8 Å². The molecule has 5 heteroatoms. The molecule has 122 valence electrons. The second-order valence-electron chi connectivity index (χ2n) is 5.99. The van der Waals surface area contributed by atoms with Gasteiger partial charge in [0.1, 0.15) is 0 Å². The van der Waals surface area contributed by atoms with Gasteiger partial charge in [-0.05, 0) is 37.3 Å². The van der Waals surface area contributed by atoms with Gasteiger partial charge in [0.15, 0.2) is 0 Å². The van der Waals surface area contributed by atoms with Crippen molar-refractivity contribution in [1.82, 2.24) is 4.90 Å². The van der Waals surface area contributed by atoms with Crippen LogP contribution in [0.4, 0.5) is 0 Å². The van der Waals surface area contributed by atoms with Gasteiger partial charge in [0.2, 0.25) is 0 Å². The van der Waals surface area contributed by atoms with E-state index in [1.165, 1.54) is 0 Å². The molecule has 1 aliphatic heterocycles. The van der Waals surface area contributed by atoms with Crippen LogP contribution in [0.5, 0.6) is 0 Å². The molecule has 0 bridgehead atoms. The summed E-state index contributed by atoms with van der Waals surface area (Å²) in [5, 5.41) is 0.796. The number of hydrogen-bond donors (Lipinski definition) is 1. The number of nitrogens with two attached hydrogens (primary N) is 1. The maximum absolute atomic E-state index is 11.5. The lowest BCUT2D eigenvalue weighted by Gasteiger charge is -2.36. The predicted octanol–water partition coefficient (Wildman–Crippen LogP) is 2.83. The lowest BCUT2D eigenvalue weighted by Crippen LogP contribution is -2.46. The van der Waals surface area contributed by atoms with Gasteiger partial charge < -0.3 is 10.5 Å². The number of esters is 1. The van der Waals surface area contributed by atoms with Crippen molar-refractivity contribution in [2.24, 2.45) is 11.7 Å². The first-order valence-corrected chi connectivity index (χ1v) is 8.33. The maximum Gasteiger partial charge on any atom is 0.305 e. The summed E-state index contributed by atoms with van der Waals surface area (Å²) in [5.41, 5.74) is 7.31. The Morgan fingerprint density at radius 2 is 2.18 bits per heavy atom. The molecule has 0 aliphatic carbocycles. The number of carbonyl (C=O) groups is 1. The Labute approximate surface area is 137 Å². The zero-order valence-electron chi connectivity index (χ0n) is 13.1. The first-order valence-electron chi connectivity index (χ1n) is 7.95. The van der Waals surface area contributed by atoms with Crippen LogP contribution < -0.4 is 5.73 Å². The van der Waals surface area contributed by atoms with Crippen molar-refractivity contribution in [1.29, 1.82) is 0 Å². The van der Waals surface area contributed by atoms with E-state index in [4.69, 9.17) is 22.1 Å². The Morgan fingerprint density at radius 3 is 2.91 bits per heavy atom. The average Bonchev–Trinajstić information content (AvgIpc) is 2.47. The van der Waals surface area contributed by atoms with Gasteiger partial charge in [-0.3, -0.25) is 9.69 Å². The van der Waals surface area contributed by atoms with Crippen LogP contribution in [0, 0.1) is 5.92 Å². The van der Waals surface area contributed by atoms with Crippen molar-refractivity contribution in [2.75, 3.05) is 19.7 Å². The Kier molecular flexibility index (Phi) is 6.68. The molecule has 2 N–H and O–H groups in total. The van der Waals surface area contributed by atoms with E-state index in [9.17, 15) is 4.79 Å². The Hall–Kier alpha value is -1.10. The fraction of sp³-hybridized carbons (Fsp3) is 0.588. The minimum absolute atomic E-state index is 0.112. The van der Waals surface area contributed by atoms with Gasteiger partial charge in [0, 0.05) is 37.1 Å². The smallest absolute Gasteiger partial charge is 0.305 e. The summed E-state index contributed by atoms with van der Waals surface area (Å²) in [5.74, 6) is 0.329. The van der Waals surface area contributed by atoms with Gasteiger partial charge in [-0.2, -0.15) is 0 Å². The third kappa shape index (κ3) is 5.27. The minimum Gasteiger partial charge on any atom is -0.466 e. The molecule has 0 radical (unpaired) electrons. The predicted molar refractivity (Wildman–Crippen MR) is 88.7 cm³/mol. The Bertz CT molecular complexity index is 495. The van der Waals surface area contributed by atoms with Crippen molar-refractivity contribution in [3.8, 4) is 0 Å². The number of benzene rings is 1. The van der Waals surface area contributed by atoms with E-state index in [1.54, 1.807) is 0 Å². The molecular weight excluding hydrogens is 300 g/mol. The minimum atomic E-state index is -0.112. The molecule has 1 aliphatic rings. The van der Waals surface area contributed by atoms with Crippen molar-refractivity contribution in [3.05, 3.63) is 34.9 Å². The van der Waals surface area contributed by atoms with Gasteiger partial charge in [0.25, 0.3) is 0 Å². The molecule has 1 heterocycles. The van der Waals surface area contributed by atoms with Crippen molar-refractivity contribution >= 4 is 17.6 Å². The van der Waals surface area contributed by atoms with Crippen LogP contribution in [-0.2, 0) is 16.1 Å². The first-order chi connectivity index (χ1) is 10.6. The molecule has 2 rings (SSSR count). The lowest BCUT2D eigenvalue weighted by atomic mass is 9.90. The molecule has 1 aromatic rings. The molecule has 0 aromatic heterocycles. The molecule has 1 saturated heterocycles. The number of nitrogens with zero attached hydrogens (tertiary/aromatic N) is 1. The number of halogens is 1. The lowest BCUT2D eigenvalue weighted by molar-refractivity contribution is -0.143. The highest BCUT2D eigenvalue weighted by molar-refractivity contribution is 6.31. The summed E-state index contributed by atoms with van der Waals surface area (Å²) in [7, 11) is 0. The summed E-state index contributed by atoms with van der Waals surface area (Å²) in [4.78, 5) is 13.8. The third-order valence-electron chi connectivity index (χ3n) is 4.06. The second-order valence-corrected chi connectivity index (χ2v) is 6.40. The van der Waals surface area contributed by atoms with E-state index in [0.29, 0.717) is 18.9 Å². The molecule has 0 saturated carbocycles. The van der Waals surface area contributed by atoms with Crippen LogP contribution >= 0.6 is 11.6 Å². The number of ether oxygens (including phenoxy) is 1. The summed E-state index contributed by atoms with van der Waals surface area (Å²) in [6.07, 6.45) is 2.29. The number of likely N-dealkylation sites (tertiary alicyclic amines) is 1. The number of carbonyl (C=O) groups excluding carboxylic acids is 1. The van der Waals surface area contributed by atoms with E-state index < -0.39 is 0 Å². The highest BCUT2D eigenvalue weighted by Crippen LogP contribution is 2.24. The molecule has 2 atom stereocenters. The number of hydrogen-bond acceptors (Lipinski definition) is 4. The van der Waals surface area contributed by atoms with E-state index in [1.807, 2.05) is 25.1 Å². The van der Waals surface area contributed by atoms with E-state index >= 15 is 0 Å². The molecule has 4 nitrogen and oxygen atoms in total. The van der Waals surface area contributed by atoms with Crippen LogP contribution in [0.3, 0.4) is 0 Å². The normalized spacial score (nSPS) is 22.5. The van der Waals surface area contributed by atoms with Crippen molar-refractivity contribution < 1.29 is 9.53 Å². The second kappa shape index (κ2) is 8.51. The van der Waals surface area contributed by atoms with Gasteiger partial charge in [0.05, 0.1) is 6.61 Å². The van der Waals surface area contributed by atoms with Gasteiger partial charge >= 0.3 is 5.97 Å². The van der Waals surface area contributed by atoms with Crippen LogP contribution in [0.25, 0.3) is 0 Å². The van der Waals surface area contributed by atoms with Crippen molar-refractivity contribution in [3.63, 3.8) is 0 Å². The van der Waals surface area contributed by atoms with Crippen LogP contribution in [-0.4, -0.2) is 36.6 Å². The Balaban J connectivity index is 1.88. The zero-order chi connectivity index (χ0) is 15.9. The summed E-state index contributed by atoms with van der Waals surface area (Å²) in [6.45, 7) is 4.92. The summed E-state index contributed by atoms with van der Waals surface area (Å²) < 4.78 is 5.00. The number of rotatable bonds is 6. The first kappa shape index (κ1) is 17.3. The van der Waals surface area contributed by atoms with Gasteiger partial charge in [-0.1, -0.05) is 29.8 Å². The zero-order valence-corrected chi connectivity index (χ0v) is 13.9. The molecule has 1 fully saturated rings. The third-order valence-corrected chi connectivity index (χ3v) is 4.43. The largest absolute Gasteiger partial charge is 0.466 e. The SMILES string of the molecule is CCOC(=O)CCC1CC(N)CN(Cc2ccccc2Cl)C1. The maximum atomic E-state index is 11.5. The molecule has 1 aromatic carbocycles. The van der Waals surface area contributed by atoms with Crippen LogP contribution in [0.1, 0.15) is 31.7 Å². The van der Waals surface area contributed by atoms with E-state index in [-0.39, 0.29) is 12.0 Å². The molecule has 0 spiro atoms. The van der Waals surface area contributed by atoms with Gasteiger partial charge in [-0.15, -0.1) is 0 Å². The monoisotopic (exact) mass is 324 g/mol. The highest BCUT2D eigenvalue weighted by atomic mass is 35.5. The quantitative estimate of drug-likeness (QED) is 0.818. The standard InChI is InChI=1S/C17H25ClN2O2/c1-2-22-17(21)8-7-13-9-15(19)12-20(10-13)11-14-5-3-4-6-16(14)18/h3-6,13,15H,2,7-12,19H2,1H3. The molecule has 22 heavy (non-hydrogen) atoms. The summed E-state index contributed by atoms with van der Waals surface area (Å²) in [6, 6.07) is 8.07. The highest BCUT2D eigenvalue weighted by Gasteiger charge is 2.26. The molecule has 2 unspecified atom stereocenters. The average molecular weight is 325 g/mol. The molecule has 0 amide bonds. The van der Waals surface area contributed by atoms with E-state index in [0.717, 1.165) is 43.1 Å². The summed E-state index contributed by atoms with van der Waals surface area (Å²) >= 11 is 6.23. The Morgan fingerprint density at radius 1 is 1.41 bits per heavy atom. The van der Waals surface area contributed by atoms with E-state index in [2.05, 4.69) is 11.0 Å².